The molecule has 1 aliphatic rings. The molecule has 1 N–H and O–H groups in total. The Hall–Kier alpha value is -1.01. The summed E-state index contributed by atoms with van der Waals surface area (Å²) in [5.41, 5.74) is 2.35. The standard InChI is InChI=1S/C11H12BrN3OS/c12-7-2-1-6-10(16)13-8-4-3-5-9-11(8)15-17-14-9/h3-5H,1-2,6-7H2,(H,13,16). The highest BCUT2D eigenvalue weighted by Crippen LogP contribution is 2.38. The Morgan fingerprint density at radius 3 is 3.06 bits per heavy atom. The van der Waals surface area contributed by atoms with Gasteiger partial charge in [0, 0.05) is 11.8 Å². The number of hydrogen-bond donors (Lipinski definition) is 1. The Bertz CT molecular complexity index is 497. The van der Waals surface area contributed by atoms with Gasteiger partial charge in [0.2, 0.25) is 5.91 Å². The van der Waals surface area contributed by atoms with Crippen molar-refractivity contribution in [2.75, 3.05) is 10.6 Å². The third-order valence-corrected chi connectivity index (χ3v) is 3.45. The number of fused-ring (bicyclic) bond motifs is 1. The molecule has 6 heteroatoms. The van der Waals surface area contributed by atoms with Crippen LogP contribution in [-0.2, 0) is 16.1 Å². The molecule has 1 aromatic carbocycles. The van der Waals surface area contributed by atoms with E-state index in [2.05, 4.69) is 30.0 Å². The average molecular weight is 314 g/mol. The topological polar surface area (TPSA) is 53.8 Å². The number of anilines is 1. The third kappa shape index (κ3) is 3.23. The number of amides is 1. The van der Waals surface area contributed by atoms with E-state index in [1.165, 1.54) is 0 Å². The van der Waals surface area contributed by atoms with Crippen molar-refractivity contribution >= 4 is 50.3 Å². The van der Waals surface area contributed by atoms with Crippen molar-refractivity contribution in [3.8, 4) is 0 Å². The Kier molecular flexibility index (Phi) is 4.44. The van der Waals surface area contributed by atoms with Gasteiger partial charge in [0.1, 0.15) is 11.4 Å². The Morgan fingerprint density at radius 1 is 1.35 bits per heavy atom. The number of unbranched alkanes of at least 4 members (excludes halogenated alkanes) is 1. The molecule has 4 nitrogen and oxygen atoms in total. The van der Waals surface area contributed by atoms with Gasteiger partial charge in [-0.25, -0.2) is 0 Å². The first kappa shape index (κ1) is 12.4. The van der Waals surface area contributed by atoms with E-state index in [9.17, 15) is 4.79 Å². The van der Waals surface area contributed by atoms with Crippen LogP contribution in [0.4, 0.5) is 17.1 Å². The van der Waals surface area contributed by atoms with Crippen LogP contribution in [0.1, 0.15) is 19.3 Å². The Balaban J connectivity index is 1.98. The summed E-state index contributed by atoms with van der Waals surface area (Å²) in [5.74, 6) is 0.0338. The summed E-state index contributed by atoms with van der Waals surface area (Å²) in [5, 5.41) is 3.82. The molecule has 0 saturated heterocycles. The normalized spacial score (nSPS) is 12.1. The number of nitrogens with zero attached hydrogens (tertiary/aromatic N) is 2. The molecule has 1 heterocycles. The van der Waals surface area contributed by atoms with Crippen molar-refractivity contribution in [3.63, 3.8) is 0 Å². The fourth-order valence-corrected chi connectivity index (χ4v) is 2.45. The van der Waals surface area contributed by atoms with Crippen molar-refractivity contribution in [2.24, 2.45) is 8.73 Å². The quantitative estimate of drug-likeness (QED) is 0.660. The van der Waals surface area contributed by atoms with Gasteiger partial charge in [-0.3, -0.25) is 4.79 Å². The zero-order valence-corrected chi connectivity index (χ0v) is 11.6. The van der Waals surface area contributed by atoms with Crippen molar-refractivity contribution in [1.82, 2.24) is 0 Å². The van der Waals surface area contributed by atoms with Gasteiger partial charge in [0.25, 0.3) is 0 Å². The predicted molar refractivity (Wildman–Crippen MR) is 74.3 cm³/mol. The summed E-state index contributed by atoms with van der Waals surface area (Å²) in [6, 6.07) is 5.61. The fourth-order valence-electron chi connectivity index (χ4n) is 1.50. The van der Waals surface area contributed by atoms with Gasteiger partial charge in [-0.2, -0.15) is 8.73 Å². The number of rotatable bonds is 5. The molecule has 17 heavy (non-hydrogen) atoms. The van der Waals surface area contributed by atoms with Gasteiger partial charge in [0.05, 0.1) is 17.0 Å². The second-order valence-corrected chi connectivity index (χ2v) is 4.95. The van der Waals surface area contributed by atoms with E-state index in [0.29, 0.717) is 6.42 Å². The summed E-state index contributed by atoms with van der Waals surface area (Å²) < 4.78 is 8.31. The number of nitrogens with one attached hydrogen (secondary N) is 1. The van der Waals surface area contributed by atoms with E-state index in [1.54, 1.807) is 0 Å². The van der Waals surface area contributed by atoms with Gasteiger partial charge in [-0.1, -0.05) is 22.0 Å². The third-order valence-electron chi connectivity index (χ3n) is 2.35. The highest BCUT2D eigenvalue weighted by molar-refractivity contribution is 9.09. The number of hydrogen-bond acceptors (Lipinski definition) is 3. The lowest BCUT2D eigenvalue weighted by Gasteiger charge is -2.07. The Morgan fingerprint density at radius 2 is 2.24 bits per heavy atom. The van der Waals surface area contributed by atoms with Gasteiger partial charge in [-0.15, -0.1) is 0 Å². The van der Waals surface area contributed by atoms with Crippen LogP contribution in [0.5, 0.6) is 0 Å². The van der Waals surface area contributed by atoms with Gasteiger partial charge < -0.3 is 5.32 Å². The molecule has 1 aliphatic heterocycles. The highest BCUT2D eigenvalue weighted by Gasteiger charge is 2.12. The molecular weight excluding hydrogens is 302 g/mol. The van der Waals surface area contributed by atoms with Crippen LogP contribution >= 0.6 is 15.9 Å². The first-order valence-corrected chi connectivity index (χ1v) is 7.23. The van der Waals surface area contributed by atoms with Crippen LogP contribution < -0.4 is 5.32 Å². The van der Waals surface area contributed by atoms with E-state index in [-0.39, 0.29) is 5.91 Å². The van der Waals surface area contributed by atoms with Crippen LogP contribution in [0.2, 0.25) is 0 Å². The molecule has 90 valence electrons. The Labute approximate surface area is 112 Å². The van der Waals surface area contributed by atoms with Crippen LogP contribution in [0.25, 0.3) is 0 Å². The van der Waals surface area contributed by atoms with E-state index in [0.717, 1.165) is 46.6 Å². The monoisotopic (exact) mass is 313 g/mol. The summed E-state index contributed by atoms with van der Waals surface area (Å²) >= 11 is 4.50. The molecule has 0 bridgehead atoms. The minimum absolute atomic E-state index is 0.0338. The zero-order chi connectivity index (χ0) is 12.1. The zero-order valence-electron chi connectivity index (χ0n) is 9.15. The molecular formula is C11H12BrN3OS. The highest BCUT2D eigenvalue weighted by atomic mass is 79.9. The maximum atomic E-state index is 11.7. The average Bonchev–Trinajstić information content (AvgIpc) is 2.78. The summed E-state index contributed by atoms with van der Waals surface area (Å²) in [4.78, 5) is 11.7. The minimum Gasteiger partial charge on any atom is -0.324 e. The summed E-state index contributed by atoms with van der Waals surface area (Å²) in [6.45, 7) is 0. The van der Waals surface area contributed by atoms with Crippen LogP contribution in [-0.4, -0.2) is 11.2 Å². The number of halogens is 1. The maximum absolute atomic E-state index is 11.7. The molecule has 1 aromatic rings. The second kappa shape index (κ2) is 6.07. The predicted octanol–water partition coefficient (Wildman–Crippen LogP) is 3.92. The first-order chi connectivity index (χ1) is 8.31. The molecule has 0 aliphatic carbocycles. The SMILES string of the molecule is O=C(CCCCBr)Nc1cccc2c1N=S=N2. The van der Waals surface area contributed by atoms with E-state index in [1.807, 2.05) is 18.2 Å². The van der Waals surface area contributed by atoms with Crippen molar-refractivity contribution in [1.29, 1.82) is 0 Å². The van der Waals surface area contributed by atoms with Crippen molar-refractivity contribution < 1.29 is 4.79 Å². The number of carbonyl (C=O) groups is 1. The molecule has 0 aromatic heterocycles. The minimum atomic E-state index is 0.0338. The van der Waals surface area contributed by atoms with E-state index < -0.39 is 0 Å². The van der Waals surface area contributed by atoms with Crippen LogP contribution in [0, 0.1) is 0 Å². The van der Waals surface area contributed by atoms with Crippen LogP contribution in [0.3, 0.4) is 0 Å². The van der Waals surface area contributed by atoms with Gasteiger partial charge in [0.15, 0.2) is 0 Å². The number of alkyl halides is 1. The molecule has 0 unspecified atom stereocenters. The van der Waals surface area contributed by atoms with E-state index >= 15 is 0 Å². The summed E-state index contributed by atoms with van der Waals surface area (Å²) in [6.07, 6.45) is 2.44. The lowest BCUT2D eigenvalue weighted by Crippen LogP contribution is -2.11. The van der Waals surface area contributed by atoms with Crippen LogP contribution in [0.15, 0.2) is 26.9 Å². The molecule has 0 saturated carbocycles. The molecule has 0 fully saturated rings. The van der Waals surface area contributed by atoms with Crippen molar-refractivity contribution in [3.05, 3.63) is 18.2 Å². The van der Waals surface area contributed by atoms with Gasteiger partial charge >= 0.3 is 0 Å². The van der Waals surface area contributed by atoms with Gasteiger partial charge in [-0.05, 0) is 25.0 Å². The largest absolute Gasteiger partial charge is 0.324 e. The summed E-state index contributed by atoms with van der Waals surface area (Å²) in [7, 11) is 0. The fraction of sp³-hybridized carbons (Fsp3) is 0.364. The smallest absolute Gasteiger partial charge is 0.224 e. The maximum Gasteiger partial charge on any atom is 0.224 e. The number of carbonyl (C=O) groups excluding carboxylic acids is 1. The number of benzene rings is 1. The van der Waals surface area contributed by atoms with Crippen molar-refractivity contribution in [2.45, 2.75) is 19.3 Å². The molecule has 0 spiro atoms. The lowest BCUT2D eigenvalue weighted by molar-refractivity contribution is -0.116. The first-order valence-electron chi connectivity index (χ1n) is 5.38. The van der Waals surface area contributed by atoms with E-state index in [4.69, 9.17) is 0 Å². The molecule has 0 atom stereocenters. The second-order valence-electron chi connectivity index (χ2n) is 3.63. The molecule has 2 rings (SSSR count). The lowest BCUT2D eigenvalue weighted by atomic mass is 10.2. The molecule has 1 amide bonds. The molecule has 0 radical (unpaired) electrons.